The molecule has 0 spiro atoms. The van der Waals surface area contributed by atoms with Crippen molar-refractivity contribution in [3.63, 3.8) is 0 Å². The van der Waals surface area contributed by atoms with Crippen LogP contribution < -0.4 is 0 Å². The summed E-state index contributed by atoms with van der Waals surface area (Å²) in [6.45, 7) is 10.3. The van der Waals surface area contributed by atoms with E-state index in [1.807, 2.05) is 11.0 Å². The summed E-state index contributed by atoms with van der Waals surface area (Å²) in [5, 5.41) is 12.6. The highest BCUT2D eigenvalue weighted by Gasteiger charge is 2.25. The highest BCUT2D eigenvalue weighted by molar-refractivity contribution is 7.99. The molecule has 7 heteroatoms. The molecule has 0 bridgehead atoms. The fourth-order valence-corrected chi connectivity index (χ4v) is 4.17. The van der Waals surface area contributed by atoms with E-state index in [4.69, 9.17) is 0 Å². The summed E-state index contributed by atoms with van der Waals surface area (Å²) in [4.78, 5) is 14.5. The van der Waals surface area contributed by atoms with Gasteiger partial charge >= 0.3 is 0 Å². The van der Waals surface area contributed by atoms with Crippen molar-refractivity contribution in [1.82, 2.24) is 25.1 Å². The number of thioether (sulfide) groups is 1. The van der Waals surface area contributed by atoms with Gasteiger partial charge in [-0.05, 0) is 65.8 Å². The Morgan fingerprint density at radius 1 is 1.20 bits per heavy atom. The van der Waals surface area contributed by atoms with Gasteiger partial charge in [-0.15, -0.1) is 5.10 Å². The van der Waals surface area contributed by atoms with E-state index in [1.54, 1.807) is 4.68 Å². The molecule has 2 heterocycles. The lowest BCUT2D eigenvalue weighted by atomic mass is 9.92. The molecule has 134 valence electrons. The number of aromatic nitrogens is 4. The van der Waals surface area contributed by atoms with Crippen molar-refractivity contribution in [2.45, 2.75) is 39.3 Å². The molecule has 1 amide bonds. The molecule has 0 unspecified atom stereocenters. The molecule has 0 saturated carbocycles. The molecule has 2 atom stereocenters. The normalized spacial score (nSPS) is 20.7. The second-order valence-electron chi connectivity index (χ2n) is 7.18. The first-order valence-electron chi connectivity index (χ1n) is 8.70. The molecule has 1 aliphatic rings. The average molecular weight is 359 g/mol. The Balaban J connectivity index is 1.67. The number of tetrazole rings is 1. The van der Waals surface area contributed by atoms with E-state index in [1.165, 1.54) is 29.3 Å². The number of aryl methyl sites for hydroxylation is 2. The van der Waals surface area contributed by atoms with Crippen LogP contribution in [-0.2, 0) is 4.79 Å². The maximum atomic E-state index is 12.6. The monoisotopic (exact) mass is 359 g/mol. The van der Waals surface area contributed by atoms with E-state index in [2.05, 4.69) is 55.4 Å². The molecule has 1 fully saturated rings. The summed E-state index contributed by atoms with van der Waals surface area (Å²) in [5.41, 5.74) is 3.34. The number of rotatable bonds is 4. The Kier molecular flexibility index (Phi) is 5.42. The average Bonchev–Trinajstić information content (AvgIpc) is 3.02. The standard InChI is InChI=1S/C18H25N5OS/c1-12-7-13(2)10-22(9-12)17(24)11-25-18-19-20-21-23(18)16-6-5-14(3)15(4)8-16/h5-6,8,12-13H,7,9-11H2,1-4H3/t12-,13-/m1/s1. The van der Waals surface area contributed by atoms with Gasteiger partial charge in [0.15, 0.2) is 0 Å². The summed E-state index contributed by atoms with van der Waals surface area (Å²) < 4.78 is 1.70. The van der Waals surface area contributed by atoms with Crippen LogP contribution in [0.15, 0.2) is 23.4 Å². The fourth-order valence-electron chi connectivity index (χ4n) is 3.37. The first kappa shape index (κ1) is 17.9. The molecule has 0 radical (unpaired) electrons. The van der Waals surface area contributed by atoms with Gasteiger partial charge in [0.2, 0.25) is 11.1 Å². The molecule has 1 saturated heterocycles. The van der Waals surface area contributed by atoms with E-state index in [0.29, 0.717) is 22.7 Å². The number of nitrogens with zero attached hydrogens (tertiary/aromatic N) is 5. The molecule has 1 aromatic carbocycles. The summed E-state index contributed by atoms with van der Waals surface area (Å²) in [6, 6.07) is 6.12. The van der Waals surface area contributed by atoms with Crippen LogP contribution in [0.3, 0.4) is 0 Å². The van der Waals surface area contributed by atoms with E-state index in [0.717, 1.165) is 18.8 Å². The van der Waals surface area contributed by atoms with Gasteiger partial charge in [-0.25, -0.2) is 0 Å². The van der Waals surface area contributed by atoms with E-state index in [-0.39, 0.29) is 5.91 Å². The van der Waals surface area contributed by atoms with Crippen molar-refractivity contribution >= 4 is 17.7 Å². The van der Waals surface area contributed by atoms with Crippen molar-refractivity contribution < 1.29 is 4.79 Å². The van der Waals surface area contributed by atoms with Gasteiger partial charge in [0.1, 0.15) is 0 Å². The van der Waals surface area contributed by atoms with Crippen LogP contribution in [0.2, 0.25) is 0 Å². The molecule has 0 aliphatic carbocycles. The lowest BCUT2D eigenvalue weighted by molar-refractivity contribution is -0.130. The number of carbonyl (C=O) groups excluding carboxylic acids is 1. The summed E-state index contributed by atoms with van der Waals surface area (Å²) in [6.07, 6.45) is 1.20. The van der Waals surface area contributed by atoms with Gasteiger partial charge < -0.3 is 4.90 Å². The van der Waals surface area contributed by atoms with Gasteiger partial charge in [-0.2, -0.15) is 4.68 Å². The summed E-state index contributed by atoms with van der Waals surface area (Å²) in [7, 11) is 0. The summed E-state index contributed by atoms with van der Waals surface area (Å²) >= 11 is 1.40. The second-order valence-corrected chi connectivity index (χ2v) is 8.12. The molecular formula is C18H25N5OS. The molecule has 6 nitrogen and oxygen atoms in total. The van der Waals surface area contributed by atoms with Crippen molar-refractivity contribution in [1.29, 1.82) is 0 Å². The fraction of sp³-hybridized carbons (Fsp3) is 0.556. The SMILES string of the molecule is Cc1ccc(-n2nnnc2SCC(=O)N2C[C@H](C)C[C@@H](C)C2)cc1C. The zero-order valence-corrected chi connectivity index (χ0v) is 16.1. The van der Waals surface area contributed by atoms with Crippen LogP contribution in [0.1, 0.15) is 31.4 Å². The van der Waals surface area contributed by atoms with Crippen LogP contribution in [0.25, 0.3) is 5.69 Å². The Hall–Kier alpha value is -1.89. The lowest BCUT2D eigenvalue weighted by Gasteiger charge is -2.34. The van der Waals surface area contributed by atoms with Crippen molar-refractivity contribution in [3.8, 4) is 5.69 Å². The lowest BCUT2D eigenvalue weighted by Crippen LogP contribution is -2.43. The predicted molar refractivity (Wildman–Crippen MR) is 98.9 cm³/mol. The van der Waals surface area contributed by atoms with Gasteiger partial charge in [-0.1, -0.05) is 31.7 Å². The van der Waals surface area contributed by atoms with Crippen LogP contribution in [0, 0.1) is 25.7 Å². The Bertz CT molecular complexity index is 750. The number of likely N-dealkylation sites (tertiary alicyclic amines) is 1. The van der Waals surface area contributed by atoms with Crippen LogP contribution in [0.4, 0.5) is 0 Å². The zero-order chi connectivity index (χ0) is 18.0. The number of carbonyl (C=O) groups is 1. The Morgan fingerprint density at radius 2 is 1.92 bits per heavy atom. The highest BCUT2D eigenvalue weighted by Crippen LogP contribution is 2.24. The minimum absolute atomic E-state index is 0.165. The van der Waals surface area contributed by atoms with Crippen LogP contribution >= 0.6 is 11.8 Å². The first-order valence-corrected chi connectivity index (χ1v) is 9.69. The minimum atomic E-state index is 0.165. The van der Waals surface area contributed by atoms with Gasteiger partial charge in [-0.3, -0.25) is 4.79 Å². The molecule has 25 heavy (non-hydrogen) atoms. The van der Waals surface area contributed by atoms with Gasteiger partial charge in [0, 0.05) is 13.1 Å². The third kappa shape index (κ3) is 4.21. The van der Waals surface area contributed by atoms with Crippen molar-refractivity contribution in [3.05, 3.63) is 29.3 Å². The maximum absolute atomic E-state index is 12.6. The largest absolute Gasteiger partial charge is 0.341 e. The topological polar surface area (TPSA) is 63.9 Å². The quantitative estimate of drug-likeness (QED) is 0.786. The number of hydrogen-bond acceptors (Lipinski definition) is 5. The van der Waals surface area contributed by atoms with Crippen LogP contribution in [-0.4, -0.2) is 49.9 Å². The van der Waals surface area contributed by atoms with Gasteiger partial charge in [0.25, 0.3) is 0 Å². The van der Waals surface area contributed by atoms with Gasteiger partial charge in [0.05, 0.1) is 11.4 Å². The zero-order valence-electron chi connectivity index (χ0n) is 15.3. The highest BCUT2D eigenvalue weighted by atomic mass is 32.2. The second kappa shape index (κ2) is 7.56. The third-order valence-corrected chi connectivity index (χ3v) is 5.63. The van der Waals surface area contributed by atoms with E-state index in [9.17, 15) is 4.79 Å². The smallest absolute Gasteiger partial charge is 0.233 e. The molecule has 0 N–H and O–H groups in total. The Morgan fingerprint density at radius 3 is 2.60 bits per heavy atom. The van der Waals surface area contributed by atoms with Crippen LogP contribution in [0.5, 0.6) is 0 Å². The number of hydrogen-bond donors (Lipinski definition) is 0. The summed E-state index contributed by atoms with van der Waals surface area (Å²) in [5.74, 6) is 1.67. The minimum Gasteiger partial charge on any atom is -0.341 e. The first-order chi connectivity index (χ1) is 11.9. The maximum Gasteiger partial charge on any atom is 0.233 e. The molecule has 3 rings (SSSR count). The van der Waals surface area contributed by atoms with E-state index >= 15 is 0 Å². The molecule has 1 aliphatic heterocycles. The van der Waals surface area contributed by atoms with Crippen molar-refractivity contribution in [2.75, 3.05) is 18.8 Å². The molecular weight excluding hydrogens is 334 g/mol. The van der Waals surface area contributed by atoms with E-state index < -0.39 is 0 Å². The third-order valence-electron chi connectivity index (χ3n) is 4.72. The number of piperidine rings is 1. The molecule has 1 aromatic heterocycles. The Labute approximate surface area is 153 Å². The number of benzene rings is 1. The molecule has 2 aromatic rings. The van der Waals surface area contributed by atoms with Crippen molar-refractivity contribution in [2.24, 2.45) is 11.8 Å². The number of amides is 1. The predicted octanol–water partition coefficient (Wildman–Crippen LogP) is 2.88.